The monoisotopic (exact) mass is 537 g/mol. The molecule has 174 valence electrons. The number of phenols is 1. The molecule has 0 saturated carbocycles. The zero-order valence-corrected chi connectivity index (χ0v) is 21.2. The average Bonchev–Trinajstić information content (AvgIpc) is 3.27. The second-order valence-corrected chi connectivity index (χ2v) is 10.6. The van der Waals surface area contributed by atoms with Crippen molar-refractivity contribution in [2.45, 2.75) is 4.34 Å². The number of thiazole rings is 1. The summed E-state index contributed by atoms with van der Waals surface area (Å²) in [6.45, 7) is 0. The number of rotatable bonds is 6. The van der Waals surface area contributed by atoms with Crippen LogP contribution in [0.15, 0.2) is 82.1 Å². The molecular formula is C26H17Cl2N3O2S2. The number of aromatic hydroxyl groups is 1. The number of phenolic OH excluding ortho intramolecular Hbond substituents is 1. The van der Waals surface area contributed by atoms with Gasteiger partial charge in [0, 0.05) is 11.8 Å². The normalized spacial score (nSPS) is 11.5. The molecule has 1 aromatic heterocycles. The Bertz CT molecular complexity index is 1600. The molecule has 0 bridgehead atoms. The van der Waals surface area contributed by atoms with Gasteiger partial charge < -0.3 is 10.4 Å². The lowest BCUT2D eigenvalue weighted by Crippen LogP contribution is -2.14. The van der Waals surface area contributed by atoms with E-state index in [-0.39, 0.29) is 17.4 Å². The number of aliphatic imine (C=N–C) groups is 1. The summed E-state index contributed by atoms with van der Waals surface area (Å²) in [7, 11) is 0. The van der Waals surface area contributed by atoms with Gasteiger partial charge in [-0.15, -0.1) is 11.3 Å². The fourth-order valence-corrected chi connectivity index (χ4v) is 5.76. The number of aromatic nitrogens is 1. The summed E-state index contributed by atoms with van der Waals surface area (Å²) in [4.78, 5) is 21.5. The van der Waals surface area contributed by atoms with E-state index in [1.54, 1.807) is 30.5 Å². The fraction of sp³-hybridized carbons (Fsp3) is 0.0385. The van der Waals surface area contributed by atoms with Crippen LogP contribution in [0, 0.1) is 0 Å². The molecular weight excluding hydrogens is 521 g/mol. The number of hydrogen-bond donors (Lipinski definition) is 2. The lowest BCUT2D eigenvalue weighted by Gasteiger charge is -2.07. The van der Waals surface area contributed by atoms with Crippen LogP contribution in [-0.2, 0) is 4.79 Å². The highest BCUT2D eigenvalue weighted by atomic mass is 35.5. The van der Waals surface area contributed by atoms with Crippen LogP contribution in [0.25, 0.3) is 21.0 Å². The zero-order chi connectivity index (χ0) is 24.4. The first kappa shape index (κ1) is 23.6. The van der Waals surface area contributed by atoms with Crippen LogP contribution < -0.4 is 5.32 Å². The number of anilines is 1. The topological polar surface area (TPSA) is 74.6 Å². The maximum absolute atomic E-state index is 12.4. The van der Waals surface area contributed by atoms with E-state index in [4.69, 9.17) is 23.2 Å². The van der Waals surface area contributed by atoms with Gasteiger partial charge in [0.2, 0.25) is 5.91 Å². The molecule has 35 heavy (non-hydrogen) atoms. The Morgan fingerprint density at radius 1 is 1.09 bits per heavy atom. The Labute approximate surface area is 219 Å². The third-order valence-electron chi connectivity index (χ3n) is 5.20. The molecule has 1 amide bonds. The van der Waals surface area contributed by atoms with Gasteiger partial charge in [-0.2, -0.15) is 0 Å². The molecule has 5 nitrogen and oxygen atoms in total. The summed E-state index contributed by atoms with van der Waals surface area (Å²) in [6, 6.07) is 22.2. The molecule has 0 fully saturated rings. The van der Waals surface area contributed by atoms with Crippen molar-refractivity contribution < 1.29 is 9.90 Å². The summed E-state index contributed by atoms with van der Waals surface area (Å²) >= 11 is 15.0. The van der Waals surface area contributed by atoms with Crippen LogP contribution in [0.1, 0.15) is 5.56 Å². The summed E-state index contributed by atoms with van der Waals surface area (Å²) in [6.07, 6.45) is 1.68. The van der Waals surface area contributed by atoms with Crippen LogP contribution in [0.5, 0.6) is 5.75 Å². The Morgan fingerprint density at radius 2 is 1.94 bits per heavy atom. The van der Waals surface area contributed by atoms with Crippen molar-refractivity contribution >= 4 is 90.8 Å². The largest absolute Gasteiger partial charge is 0.507 e. The average molecular weight is 538 g/mol. The van der Waals surface area contributed by atoms with Gasteiger partial charge in [-0.25, -0.2) is 4.98 Å². The quantitative estimate of drug-likeness (QED) is 0.170. The molecule has 0 aliphatic rings. The van der Waals surface area contributed by atoms with Crippen molar-refractivity contribution in [1.29, 1.82) is 0 Å². The Kier molecular flexibility index (Phi) is 6.92. The fourth-order valence-electron chi connectivity index (χ4n) is 3.51. The number of nitrogens with one attached hydrogen (secondary N) is 1. The minimum Gasteiger partial charge on any atom is -0.507 e. The molecule has 0 spiro atoms. The molecule has 2 N–H and O–H groups in total. The molecule has 1 heterocycles. The van der Waals surface area contributed by atoms with Crippen molar-refractivity contribution in [1.82, 2.24) is 4.98 Å². The van der Waals surface area contributed by atoms with Gasteiger partial charge in [-0.1, -0.05) is 71.4 Å². The predicted octanol–water partition coefficient (Wildman–Crippen LogP) is 7.94. The first-order valence-electron chi connectivity index (χ1n) is 10.5. The summed E-state index contributed by atoms with van der Waals surface area (Å²) in [5.74, 6) is 0.176. The molecule has 0 unspecified atom stereocenters. The van der Waals surface area contributed by atoms with E-state index >= 15 is 0 Å². The van der Waals surface area contributed by atoms with E-state index in [0.717, 1.165) is 31.0 Å². The second-order valence-electron chi connectivity index (χ2n) is 7.55. The Balaban J connectivity index is 1.30. The molecule has 5 rings (SSSR count). The van der Waals surface area contributed by atoms with Gasteiger partial charge in [0.25, 0.3) is 0 Å². The number of halogens is 2. The summed E-state index contributed by atoms with van der Waals surface area (Å²) in [5.41, 5.74) is 2.74. The molecule has 4 aromatic carbocycles. The number of carbonyl (C=O) groups excluding carboxylic acids is 1. The second kappa shape index (κ2) is 10.3. The highest BCUT2D eigenvalue weighted by molar-refractivity contribution is 8.01. The molecule has 0 atom stereocenters. The molecule has 0 aliphatic carbocycles. The van der Waals surface area contributed by atoms with Gasteiger partial charge in [0.15, 0.2) is 4.34 Å². The Hall–Kier alpha value is -3.10. The van der Waals surface area contributed by atoms with Gasteiger partial charge >= 0.3 is 0 Å². The van der Waals surface area contributed by atoms with Gasteiger partial charge in [0.1, 0.15) is 5.75 Å². The maximum Gasteiger partial charge on any atom is 0.234 e. The molecule has 5 aromatic rings. The first-order chi connectivity index (χ1) is 17.0. The highest BCUT2D eigenvalue weighted by Gasteiger charge is 2.11. The number of carbonyl (C=O) groups is 1. The van der Waals surface area contributed by atoms with Gasteiger partial charge in [-0.05, 0) is 47.2 Å². The summed E-state index contributed by atoms with van der Waals surface area (Å²) in [5, 5.41) is 15.8. The van der Waals surface area contributed by atoms with Crippen LogP contribution in [0.3, 0.4) is 0 Å². The number of thioether (sulfide) groups is 1. The van der Waals surface area contributed by atoms with Crippen molar-refractivity contribution in [3.05, 3.63) is 88.4 Å². The number of benzene rings is 4. The van der Waals surface area contributed by atoms with Crippen LogP contribution in [0.4, 0.5) is 11.4 Å². The predicted molar refractivity (Wildman–Crippen MR) is 148 cm³/mol. The number of nitrogens with zero attached hydrogens (tertiary/aromatic N) is 2. The van der Waals surface area contributed by atoms with E-state index in [0.29, 0.717) is 21.3 Å². The maximum atomic E-state index is 12.4. The van der Waals surface area contributed by atoms with Gasteiger partial charge in [-0.3, -0.25) is 9.79 Å². The Morgan fingerprint density at radius 3 is 2.83 bits per heavy atom. The van der Waals surface area contributed by atoms with Crippen molar-refractivity contribution in [3.63, 3.8) is 0 Å². The van der Waals surface area contributed by atoms with E-state index < -0.39 is 0 Å². The third-order valence-corrected chi connectivity index (χ3v) is 8.18. The van der Waals surface area contributed by atoms with Crippen molar-refractivity contribution in [2.24, 2.45) is 4.99 Å². The van der Waals surface area contributed by atoms with E-state index in [9.17, 15) is 9.90 Å². The lowest BCUT2D eigenvalue weighted by atomic mass is 10.0. The minimum absolute atomic E-state index is 0.183. The third kappa shape index (κ3) is 5.28. The molecule has 0 saturated heterocycles. The number of fused-ring (bicyclic) bond motifs is 2. The first-order valence-corrected chi connectivity index (χ1v) is 13.1. The number of amides is 1. The lowest BCUT2D eigenvalue weighted by molar-refractivity contribution is -0.113. The smallest absolute Gasteiger partial charge is 0.234 e. The van der Waals surface area contributed by atoms with Crippen LogP contribution in [0.2, 0.25) is 10.0 Å². The minimum atomic E-state index is -0.196. The summed E-state index contributed by atoms with van der Waals surface area (Å²) < 4.78 is 1.74. The van der Waals surface area contributed by atoms with Gasteiger partial charge in [0.05, 0.1) is 37.4 Å². The standard InChI is InChI=1S/C26H17Cl2N3O2S2/c27-19-6-3-7-21(25(19)28)30-24(33)14-34-26-31-20-10-9-16(12-23(20)35-26)29-13-18-17-5-2-1-4-15(17)8-11-22(18)32/h1-13,32H,14H2,(H,30,33). The van der Waals surface area contributed by atoms with E-state index in [2.05, 4.69) is 15.3 Å². The van der Waals surface area contributed by atoms with Crippen molar-refractivity contribution in [3.8, 4) is 5.75 Å². The SMILES string of the molecule is O=C(CSc1nc2ccc(N=Cc3c(O)ccc4ccccc34)cc2s1)Nc1cccc(Cl)c1Cl. The molecule has 9 heteroatoms. The van der Waals surface area contributed by atoms with E-state index in [1.807, 2.05) is 48.5 Å². The van der Waals surface area contributed by atoms with Crippen LogP contribution >= 0.6 is 46.3 Å². The molecule has 0 radical (unpaired) electrons. The van der Waals surface area contributed by atoms with Crippen LogP contribution in [-0.4, -0.2) is 28.0 Å². The van der Waals surface area contributed by atoms with E-state index in [1.165, 1.54) is 23.1 Å². The zero-order valence-electron chi connectivity index (χ0n) is 18.0. The molecule has 0 aliphatic heterocycles. The highest BCUT2D eigenvalue weighted by Crippen LogP contribution is 2.33. The number of hydrogen-bond acceptors (Lipinski definition) is 6. The van der Waals surface area contributed by atoms with Crippen molar-refractivity contribution in [2.75, 3.05) is 11.1 Å².